The predicted molar refractivity (Wildman–Crippen MR) is 54.9 cm³/mol. The number of hydrogen-bond donors (Lipinski definition) is 3. The molecule has 3 N–H and O–H groups in total. The van der Waals surface area contributed by atoms with Gasteiger partial charge in [0.15, 0.2) is 0 Å². The van der Waals surface area contributed by atoms with Gasteiger partial charge in [0.1, 0.15) is 0 Å². The quantitative estimate of drug-likeness (QED) is 0.592. The summed E-state index contributed by atoms with van der Waals surface area (Å²) in [5.41, 5.74) is 0. The number of rotatable bonds is 4. The maximum absolute atomic E-state index is 11.7. The van der Waals surface area contributed by atoms with E-state index in [-0.39, 0.29) is 24.5 Å². The smallest absolute Gasteiger partial charge is 0.224 e. The van der Waals surface area contributed by atoms with Gasteiger partial charge >= 0.3 is 0 Å². The largest absolute Gasteiger partial charge is 0.394 e. The molecule has 82 valence electrons. The van der Waals surface area contributed by atoms with Crippen molar-refractivity contribution in [2.45, 2.75) is 32.2 Å². The van der Waals surface area contributed by atoms with E-state index in [9.17, 15) is 4.79 Å². The highest BCUT2D eigenvalue weighted by Crippen LogP contribution is 2.10. The van der Waals surface area contributed by atoms with Crippen LogP contribution >= 0.6 is 0 Å². The zero-order valence-electron chi connectivity index (χ0n) is 8.75. The van der Waals surface area contributed by atoms with Gasteiger partial charge in [-0.05, 0) is 25.8 Å². The Morgan fingerprint density at radius 2 is 2.50 bits per heavy atom. The van der Waals surface area contributed by atoms with E-state index >= 15 is 0 Å². The van der Waals surface area contributed by atoms with Crippen LogP contribution in [0.5, 0.6) is 0 Å². The van der Waals surface area contributed by atoms with E-state index in [1.807, 2.05) is 6.92 Å². The third-order valence-corrected chi connectivity index (χ3v) is 2.73. The number of aliphatic hydroxyl groups is 1. The molecule has 0 aromatic carbocycles. The molecule has 14 heavy (non-hydrogen) atoms. The second-order valence-electron chi connectivity index (χ2n) is 3.84. The minimum Gasteiger partial charge on any atom is -0.394 e. The molecular formula is C10H20N2O2. The number of amides is 1. The Balaban J connectivity index is 2.32. The second-order valence-corrected chi connectivity index (χ2v) is 3.84. The van der Waals surface area contributed by atoms with Crippen LogP contribution in [0.25, 0.3) is 0 Å². The fraction of sp³-hybridized carbons (Fsp3) is 0.900. The zero-order valence-corrected chi connectivity index (χ0v) is 8.75. The van der Waals surface area contributed by atoms with E-state index in [4.69, 9.17) is 5.11 Å². The molecule has 0 spiro atoms. The van der Waals surface area contributed by atoms with Crippen LogP contribution < -0.4 is 10.6 Å². The summed E-state index contributed by atoms with van der Waals surface area (Å²) >= 11 is 0. The highest BCUT2D eigenvalue weighted by Gasteiger charge is 2.22. The Bertz CT molecular complexity index is 175. The SMILES string of the molecule is CCC(CO)NC(=O)[C@H]1CCCNC1. The summed E-state index contributed by atoms with van der Waals surface area (Å²) in [6, 6.07) is -0.0792. The van der Waals surface area contributed by atoms with Gasteiger partial charge < -0.3 is 15.7 Å². The van der Waals surface area contributed by atoms with Crippen LogP contribution in [0.15, 0.2) is 0 Å². The molecule has 1 heterocycles. The van der Waals surface area contributed by atoms with Gasteiger partial charge in [-0.15, -0.1) is 0 Å². The van der Waals surface area contributed by atoms with Gasteiger partial charge in [0.25, 0.3) is 0 Å². The van der Waals surface area contributed by atoms with Crippen LogP contribution in [0, 0.1) is 5.92 Å². The highest BCUT2D eigenvalue weighted by molar-refractivity contribution is 5.79. The molecule has 1 unspecified atom stereocenters. The van der Waals surface area contributed by atoms with E-state index in [1.54, 1.807) is 0 Å². The average Bonchev–Trinajstić information content (AvgIpc) is 2.26. The molecule has 4 heteroatoms. The van der Waals surface area contributed by atoms with Crippen LogP contribution in [0.1, 0.15) is 26.2 Å². The molecule has 0 aromatic heterocycles. The van der Waals surface area contributed by atoms with Crippen molar-refractivity contribution in [1.29, 1.82) is 0 Å². The Kier molecular flexibility index (Phi) is 4.90. The van der Waals surface area contributed by atoms with Crippen molar-refractivity contribution in [2.24, 2.45) is 5.92 Å². The lowest BCUT2D eigenvalue weighted by molar-refractivity contribution is -0.126. The number of carbonyl (C=O) groups excluding carboxylic acids is 1. The summed E-state index contributed by atoms with van der Waals surface area (Å²) < 4.78 is 0. The van der Waals surface area contributed by atoms with Crippen LogP contribution in [0.4, 0.5) is 0 Å². The molecule has 0 aromatic rings. The number of nitrogens with one attached hydrogen (secondary N) is 2. The van der Waals surface area contributed by atoms with E-state index in [1.165, 1.54) is 0 Å². The maximum Gasteiger partial charge on any atom is 0.224 e. The van der Waals surface area contributed by atoms with Crippen LogP contribution in [-0.4, -0.2) is 36.8 Å². The predicted octanol–water partition coefficient (Wildman–Crippen LogP) is -0.127. The summed E-state index contributed by atoms with van der Waals surface area (Å²) in [5, 5.41) is 15.0. The van der Waals surface area contributed by atoms with Gasteiger partial charge in [-0.2, -0.15) is 0 Å². The number of carbonyl (C=O) groups is 1. The van der Waals surface area contributed by atoms with Crippen LogP contribution in [-0.2, 0) is 4.79 Å². The third kappa shape index (κ3) is 3.27. The molecule has 0 bridgehead atoms. The summed E-state index contributed by atoms with van der Waals surface area (Å²) in [5.74, 6) is 0.169. The standard InChI is InChI=1S/C10H20N2O2/c1-2-9(7-13)12-10(14)8-4-3-5-11-6-8/h8-9,11,13H,2-7H2,1H3,(H,12,14)/t8-,9?/m0/s1. The van der Waals surface area contributed by atoms with Gasteiger partial charge in [-0.25, -0.2) is 0 Å². The lowest BCUT2D eigenvalue weighted by Gasteiger charge is -2.24. The van der Waals surface area contributed by atoms with Gasteiger partial charge in [0.2, 0.25) is 5.91 Å². The Hall–Kier alpha value is -0.610. The van der Waals surface area contributed by atoms with Crippen molar-refractivity contribution in [1.82, 2.24) is 10.6 Å². The maximum atomic E-state index is 11.7. The first-order valence-electron chi connectivity index (χ1n) is 5.39. The molecule has 1 saturated heterocycles. The third-order valence-electron chi connectivity index (χ3n) is 2.73. The summed E-state index contributed by atoms with van der Waals surface area (Å²) in [6.45, 7) is 3.78. The van der Waals surface area contributed by atoms with Gasteiger partial charge in [-0.1, -0.05) is 6.92 Å². The van der Waals surface area contributed by atoms with E-state index in [2.05, 4.69) is 10.6 Å². The van der Waals surface area contributed by atoms with Crippen molar-refractivity contribution in [3.63, 3.8) is 0 Å². The lowest BCUT2D eigenvalue weighted by Crippen LogP contribution is -2.45. The molecule has 0 aliphatic carbocycles. The Morgan fingerprint density at radius 1 is 1.71 bits per heavy atom. The monoisotopic (exact) mass is 200 g/mol. The summed E-state index contributed by atoms with van der Waals surface area (Å²) in [4.78, 5) is 11.7. The molecule has 1 aliphatic heterocycles. The highest BCUT2D eigenvalue weighted by atomic mass is 16.3. The molecule has 1 amide bonds. The van der Waals surface area contributed by atoms with Crippen molar-refractivity contribution in [2.75, 3.05) is 19.7 Å². The number of hydrogen-bond acceptors (Lipinski definition) is 3. The van der Waals surface area contributed by atoms with Crippen LogP contribution in [0.3, 0.4) is 0 Å². The Morgan fingerprint density at radius 3 is 3.00 bits per heavy atom. The molecule has 0 radical (unpaired) electrons. The number of aliphatic hydroxyl groups excluding tert-OH is 1. The Labute approximate surface area is 85.1 Å². The summed E-state index contributed by atoms with van der Waals surface area (Å²) in [7, 11) is 0. The molecule has 1 fully saturated rings. The first kappa shape index (κ1) is 11.5. The second kappa shape index (κ2) is 5.98. The van der Waals surface area contributed by atoms with E-state index in [0.717, 1.165) is 32.4 Å². The summed E-state index contributed by atoms with van der Waals surface area (Å²) in [6.07, 6.45) is 2.80. The van der Waals surface area contributed by atoms with Gasteiger partial charge in [0, 0.05) is 6.54 Å². The fourth-order valence-electron chi connectivity index (χ4n) is 1.67. The minimum absolute atomic E-state index is 0.0301. The van der Waals surface area contributed by atoms with Crippen molar-refractivity contribution >= 4 is 5.91 Å². The van der Waals surface area contributed by atoms with Crippen molar-refractivity contribution < 1.29 is 9.90 Å². The normalized spacial score (nSPS) is 24.3. The molecule has 4 nitrogen and oxygen atoms in total. The van der Waals surface area contributed by atoms with Gasteiger partial charge in [0.05, 0.1) is 18.6 Å². The lowest BCUT2D eigenvalue weighted by atomic mass is 9.98. The molecule has 2 atom stereocenters. The average molecular weight is 200 g/mol. The molecule has 1 rings (SSSR count). The van der Waals surface area contributed by atoms with Crippen molar-refractivity contribution in [3.05, 3.63) is 0 Å². The number of piperidine rings is 1. The van der Waals surface area contributed by atoms with E-state index < -0.39 is 0 Å². The minimum atomic E-state index is -0.0792. The van der Waals surface area contributed by atoms with Crippen molar-refractivity contribution in [3.8, 4) is 0 Å². The topological polar surface area (TPSA) is 61.4 Å². The fourth-order valence-corrected chi connectivity index (χ4v) is 1.67. The zero-order chi connectivity index (χ0) is 10.4. The molecule has 0 saturated carbocycles. The van der Waals surface area contributed by atoms with Gasteiger partial charge in [-0.3, -0.25) is 4.79 Å². The van der Waals surface area contributed by atoms with E-state index in [0.29, 0.717) is 0 Å². The molecular weight excluding hydrogens is 180 g/mol. The van der Waals surface area contributed by atoms with Crippen LogP contribution in [0.2, 0.25) is 0 Å². The molecule has 1 aliphatic rings. The first-order chi connectivity index (χ1) is 6.77. The first-order valence-corrected chi connectivity index (χ1v) is 5.39.